The molecule has 1 heterocycles. The fourth-order valence-corrected chi connectivity index (χ4v) is 11.4. The molecule has 0 amide bonds. The van der Waals surface area contributed by atoms with Crippen LogP contribution in [0, 0.1) is 0 Å². The molecule has 2 aliphatic carbocycles. The number of benzene rings is 10. The fraction of sp³-hybridized carbons (Fsp3) is 0.0476. The number of para-hydroxylation sites is 1. The Bertz CT molecular complexity index is 3570. The summed E-state index contributed by atoms with van der Waals surface area (Å²) in [5.41, 5.74) is 20.7. The number of nitrogens with zero attached hydrogens (tertiary/aromatic N) is 1. The monoisotopic (exact) mass is 829 g/mol. The Morgan fingerprint density at radius 2 is 0.800 bits per heavy atom. The molecule has 0 aliphatic heterocycles. The van der Waals surface area contributed by atoms with Gasteiger partial charge in [0.2, 0.25) is 0 Å². The molecule has 65 heavy (non-hydrogen) atoms. The Labute approximate surface area is 379 Å². The second-order valence-corrected chi connectivity index (χ2v) is 17.7. The van der Waals surface area contributed by atoms with Gasteiger partial charge >= 0.3 is 0 Å². The molecule has 0 bridgehead atoms. The normalized spacial score (nSPS) is 15.3. The molecule has 11 aromatic rings. The van der Waals surface area contributed by atoms with E-state index in [-0.39, 0.29) is 5.41 Å². The molecular formula is C63H43NO. The van der Waals surface area contributed by atoms with E-state index >= 15 is 0 Å². The van der Waals surface area contributed by atoms with Crippen LogP contribution in [0.2, 0.25) is 0 Å². The van der Waals surface area contributed by atoms with Crippen LogP contribution in [0.15, 0.2) is 247 Å². The molecule has 2 heteroatoms. The maximum atomic E-state index is 6.20. The van der Waals surface area contributed by atoms with Crippen molar-refractivity contribution in [1.82, 2.24) is 0 Å². The number of furan rings is 1. The predicted molar refractivity (Wildman–Crippen MR) is 269 cm³/mol. The molecule has 1 unspecified atom stereocenters. The van der Waals surface area contributed by atoms with Crippen LogP contribution in [-0.4, -0.2) is 0 Å². The fourth-order valence-electron chi connectivity index (χ4n) is 11.4. The summed E-state index contributed by atoms with van der Waals surface area (Å²) in [6, 6.07) is 89.3. The molecule has 0 saturated heterocycles. The second-order valence-electron chi connectivity index (χ2n) is 17.7. The van der Waals surface area contributed by atoms with Crippen LogP contribution in [0.3, 0.4) is 0 Å². The summed E-state index contributed by atoms with van der Waals surface area (Å²) in [6.07, 6.45) is 0. The highest BCUT2D eigenvalue weighted by atomic mass is 16.3. The van der Waals surface area contributed by atoms with Gasteiger partial charge in [-0.15, -0.1) is 0 Å². The molecule has 13 rings (SSSR count). The van der Waals surface area contributed by atoms with Gasteiger partial charge in [-0.25, -0.2) is 0 Å². The average Bonchev–Trinajstić information content (AvgIpc) is 3.99. The summed E-state index contributed by atoms with van der Waals surface area (Å²) in [5, 5.41) is 2.26. The van der Waals surface area contributed by atoms with E-state index in [2.05, 4.69) is 242 Å². The molecule has 306 valence electrons. The lowest BCUT2D eigenvalue weighted by molar-refractivity contribution is 0.669. The maximum absolute atomic E-state index is 6.20. The van der Waals surface area contributed by atoms with E-state index in [1.807, 2.05) is 12.1 Å². The zero-order chi connectivity index (χ0) is 43.1. The molecule has 0 fully saturated rings. The maximum Gasteiger partial charge on any atom is 0.135 e. The number of anilines is 3. The molecular weight excluding hydrogens is 787 g/mol. The Hall–Kier alpha value is -8.20. The van der Waals surface area contributed by atoms with Gasteiger partial charge in [-0.3, -0.25) is 0 Å². The van der Waals surface area contributed by atoms with Crippen LogP contribution in [0.4, 0.5) is 17.1 Å². The minimum Gasteiger partial charge on any atom is -0.456 e. The van der Waals surface area contributed by atoms with Gasteiger partial charge in [-0.2, -0.15) is 0 Å². The molecule has 0 N–H and O–H groups in total. The van der Waals surface area contributed by atoms with Gasteiger partial charge in [-0.1, -0.05) is 188 Å². The minimum absolute atomic E-state index is 0.343. The van der Waals surface area contributed by atoms with Crippen LogP contribution < -0.4 is 4.90 Å². The van der Waals surface area contributed by atoms with E-state index in [0.717, 1.165) is 50.1 Å². The van der Waals surface area contributed by atoms with Crippen molar-refractivity contribution < 1.29 is 4.42 Å². The van der Waals surface area contributed by atoms with E-state index in [9.17, 15) is 0 Å². The predicted octanol–water partition coefficient (Wildman–Crippen LogP) is 16.4. The number of fused-ring (bicyclic) bond motifs is 9. The zero-order valence-corrected chi connectivity index (χ0v) is 35.9. The van der Waals surface area contributed by atoms with Crippen molar-refractivity contribution in [2.24, 2.45) is 0 Å². The van der Waals surface area contributed by atoms with Crippen LogP contribution in [0.5, 0.6) is 0 Å². The van der Waals surface area contributed by atoms with Crippen molar-refractivity contribution in [3.05, 3.63) is 282 Å². The molecule has 1 aromatic heterocycles. The third-order valence-electron chi connectivity index (χ3n) is 14.4. The number of hydrogen-bond acceptors (Lipinski definition) is 2. The summed E-state index contributed by atoms with van der Waals surface area (Å²) >= 11 is 0. The molecule has 1 atom stereocenters. The van der Waals surface area contributed by atoms with Crippen LogP contribution in [0.25, 0.3) is 55.3 Å². The van der Waals surface area contributed by atoms with Crippen LogP contribution in [-0.2, 0) is 10.8 Å². The molecule has 0 radical (unpaired) electrons. The summed E-state index contributed by atoms with van der Waals surface area (Å²) < 4.78 is 6.20. The van der Waals surface area contributed by atoms with Crippen molar-refractivity contribution in [3.8, 4) is 33.4 Å². The average molecular weight is 830 g/mol. The van der Waals surface area contributed by atoms with Crippen molar-refractivity contribution >= 4 is 39.0 Å². The quantitative estimate of drug-likeness (QED) is 0.159. The van der Waals surface area contributed by atoms with Gasteiger partial charge in [-0.05, 0) is 134 Å². The molecule has 10 aromatic carbocycles. The van der Waals surface area contributed by atoms with E-state index in [4.69, 9.17) is 4.42 Å². The van der Waals surface area contributed by atoms with Gasteiger partial charge in [0, 0.05) is 33.2 Å². The Morgan fingerprint density at radius 1 is 0.323 bits per heavy atom. The second kappa shape index (κ2) is 14.4. The Kier molecular flexibility index (Phi) is 8.29. The van der Waals surface area contributed by atoms with E-state index < -0.39 is 5.41 Å². The van der Waals surface area contributed by atoms with Crippen molar-refractivity contribution in [2.75, 3.05) is 4.90 Å². The third-order valence-corrected chi connectivity index (χ3v) is 14.4. The van der Waals surface area contributed by atoms with Gasteiger partial charge in [0.05, 0.1) is 5.41 Å². The third kappa shape index (κ3) is 5.47. The summed E-state index contributed by atoms with van der Waals surface area (Å²) in [4.78, 5) is 2.47. The highest BCUT2D eigenvalue weighted by molar-refractivity contribution is 6.06. The SMILES string of the molecule is CC1(c2ccccc2)c2ccccc2-c2ccc(N(c3ccc(-c4ccc5oc6ccccc6c5c4)cc3)c3ccc4c(c3)C(c3ccccc3)(c3ccccc3)c3ccccc3-4)cc21. The Balaban J connectivity index is 1.03. The zero-order valence-electron chi connectivity index (χ0n) is 35.9. The number of rotatable bonds is 7. The largest absolute Gasteiger partial charge is 0.456 e. The summed E-state index contributed by atoms with van der Waals surface area (Å²) in [5.74, 6) is 0. The lowest BCUT2D eigenvalue weighted by Gasteiger charge is -2.35. The highest BCUT2D eigenvalue weighted by Crippen LogP contribution is 2.58. The molecule has 2 nitrogen and oxygen atoms in total. The molecule has 2 aliphatic rings. The van der Waals surface area contributed by atoms with Crippen LogP contribution in [0.1, 0.15) is 45.9 Å². The first kappa shape index (κ1) is 37.4. The first-order valence-corrected chi connectivity index (χ1v) is 22.6. The van der Waals surface area contributed by atoms with Gasteiger partial charge in [0.1, 0.15) is 11.2 Å². The highest BCUT2D eigenvalue weighted by Gasteiger charge is 2.46. The standard InChI is InChI=1S/C63H43NO/c1-62(44-17-5-2-6-18-44)56-26-14-11-23-50(56)52-36-34-48(40-58(52)62)64(47-32-29-42(30-33-47)43-31-38-61-55(39-43)54-25-13-16-28-60(54)65-61)49-35-37-53-51-24-12-15-27-57(51)63(59(53)41-49,45-19-7-3-8-20-45)46-21-9-4-10-22-46/h2-41H,1H3. The van der Waals surface area contributed by atoms with E-state index in [1.165, 1.54) is 61.2 Å². The van der Waals surface area contributed by atoms with E-state index in [1.54, 1.807) is 0 Å². The molecule has 0 saturated carbocycles. The van der Waals surface area contributed by atoms with Gasteiger partial charge < -0.3 is 9.32 Å². The van der Waals surface area contributed by atoms with Gasteiger partial charge in [0.25, 0.3) is 0 Å². The van der Waals surface area contributed by atoms with Gasteiger partial charge in [0.15, 0.2) is 0 Å². The lowest BCUT2D eigenvalue weighted by atomic mass is 9.67. The smallest absolute Gasteiger partial charge is 0.135 e. The minimum atomic E-state index is -0.526. The first-order chi connectivity index (χ1) is 32.1. The first-order valence-electron chi connectivity index (χ1n) is 22.6. The number of hydrogen-bond donors (Lipinski definition) is 0. The molecule has 0 spiro atoms. The van der Waals surface area contributed by atoms with Crippen molar-refractivity contribution in [2.45, 2.75) is 17.8 Å². The lowest BCUT2D eigenvalue weighted by Crippen LogP contribution is -2.28. The van der Waals surface area contributed by atoms with Crippen molar-refractivity contribution in [3.63, 3.8) is 0 Å². The summed E-state index contributed by atoms with van der Waals surface area (Å²) in [7, 11) is 0. The van der Waals surface area contributed by atoms with E-state index in [0.29, 0.717) is 0 Å². The van der Waals surface area contributed by atoms with Crippen LogP contribution >= 0.6 is 0 Å². The summed E-state index contributed by atoms with van der Waals surface area (Å²) in [6.45, 7) is 2.40. The Morgan fingerprint density at radius 3 is 1.48 bits per heavy atom. The topological polar surface area (TPSA) is 16.4 Å². The van der Waals surface area contributed by atoms with Crippen molar-refractivity contribution in [1.29, 1.82) is 0 Å².